The van der Waals surface area contributed by atoms with Gasteiger partial charge >= 0.3 is 11.8 Å². The second-order valence-corrected chi connectivity index (χ2v) is 3.67. The average Bonchev–Trinajstić information content (AvgIpc) is 2.71. The van der Waals surface area contributed by atoms with Gasteiger partial charge in [0.05, 0.1) is 13.6 Å². The molecule has 0 saturated heterocycles. The van der Waals surface area contributed by atoms with Crippen molar-refractivity contribution in [1.82, 2.24) is 9.88 Å². The molecular formula is C10H13N3O6. The molecule has 0 bridgehead atoms. The minimum Gasteiger partial charge on any atom is -0.479 e. The number of amides is 1. The van der Waals surface area contributed by atoms with E-state index in [9.17, 15) is 19.7 Å². The first-order chi connectivity index (χ1) is 8.88. The number of hydrogen-bond donors (Lipinski definition) is 2. The topological polar surface area (TPSA) is 124 Å². The molecule has 9 heteroatoms. The van der Waals surface area contributed by atoms with Gasteiger partial charge in [-0.15, -0.1) is 0 Å². The number of carbonyl (C=O) groups excluding carboxylic acids is 1. The highest BCUT2D eigenvalue weighted by molar-refractivity contribution is 5.93. The maximum Gasteiger partial charge on any atom is 0.334 e. The summed E-state index contributed by atoms with van der Waals surface area (Å²) in [6.45, 7) is -0.232. The maximum atomic E-state index is 11.7. The Kier molecular flexibility index (Phi) is 4.59. The van der Waals surface area contributed by atoms with Gasteiger partial charge in [-0.3, -0.25) is 4.79 Å². The van der Waals surface area contributed by atoms with Gasteiger partial charge < -0.3 is 25.3 Å². The van der Waals surface area contributed by atoms with E-state index in [-0.39, 0.29) is 18.1 Å². The van der Waals surface area contributed by atoms with Crippen LogP contribution in [0.3, 0.4) is 0 Å². The predicted molar refractivity (Wildman–Crippen MR) is 62.8 cm³/mol. The van der Waals surface area contributed by atoms with Crippen LogP contribution in [0, 0.1) is 10.1 Å². The summed E-state index contributed by atoms with van der Waals surface area (Å²) < 4.78 is 5.75. The van der Waals surface area contributed by atoms with Crippen molar-refractivity contribution in [3.8, 4) is 0 Å². The summed E-state index contributed by atoms with van der Waals surface area (Å²) >= 11 is 0. The molecule has 104 valence electrons. The van der Waals surface area contributed by atoms with Crippen LogP contribution in [0.1, 0.15) is 10.5 Å². The number of hydrogen-bond acceptors (Lipinski definition) is 5. The third-order valence-corrected chi connectivity index (χ3v) is 2.52. The second kappa shape index (κ2) is 5.96. The Morgan fingerprint density at radius 1 is 1.58 bits per heavy atom. The van der Waals surface area contributed by atoms with Crippen molar-refractivity contribution in [2.24, 2.45) is 7.05 Å². The van der Waals surface area contributed by atoms with E-state index in [4.69, 9.17) is 5.11 Å². The van der Waals surface area contributed by atoms with Gasteiger partial charge in [0.25, 0.3) is 5.91 Å². The third-order valence-electron chi connectivity index (χ3n) is 2.52. The molecule has 0 saturated carbocycles. The zero-order chi connectivity index (χ0) is 14.6. The quantitative estimate of drug-likeness (QED) is 0.543. The van der Waals surface area contributed by atoms with Crippen LogP contribution >= 0.6 is 0 Å². The van der Waals surface area contributed by atoms with Gasteiger partial charge in [-0.2, -0.15) is 0 Å². The van der Waals surface area contributed by atoms with Crippen LogP contribution < -0.4 is 5.32 Å². The lowest BCUT2D eigenvalue weighted by Gasteiger charge is -2.10. The summed E-state index contributed by atoms with van der Waals surface area (Å²) in [4.78, 5) is 32.4. The Bertz CT molecular complexity index is 509. The normalized spacial score (nSPS) is 11.9. The first-order valence-corrected chi connectivity index (χ1v) is 5.22. The van der Waals surface area contributed by atoms with Crippen molar-refractivity contribution >= 4 is 17.7 Å². The van der Waals surface area contributed by atoms with Gasteiger partial charge in [0.2, 0.25) is 0 Å². The summed E-state index contributed by atoms with van der Waals surface area (Å²) in [5.74, 6) is -2.05. The smallest absolute Gasteiger partial charge is 0.334 e. The molecular weight excluding hydrogens is 258 g/mol. The van der Waals surface area contributed by atoms with Crippen LogP contribution in [0.15, 0.2) is 12.1 Å². The first kappa shape index (κ1) is 14.6. The molecule has 1 unspecified atom stereocenters. The fourth-order valence-electron chi connectivity index (χ4n) is 1.46. The largest absolute Gasteiger partial charge is 0.479 e. The number of nitrogens with one attached hydrogen (secondary N) is 1. The molecule has 0 aromatic carbocycles. The van der Waals surface area contributed by atoms with Crippen molar-refractivity contribution in [3.05, 3.63) is 27.9 Å². The maximum absolute atomic E-state index is 11.7. The third kappa shape index (κ3) is 3.28. The molecule has 0 radical (unpaired) electrons. The number of nitrogens with zero attached hydrogens (tertiary/aromatic N) is 2. The van der Waals surface area contributed by atoms with Gasteiger partial charge in [0.1, 0.15) is 0 Å². The number of carbonyl (C=O) groups is 2. The lowest BCUT2D eigenvalue weighted by molar-refractivity contribution is -0.391. The van der Waals surface area contributed by atoms with Crippen molar-refractivity contribution < 1.29 is 24.4 Å². The molecule has 1 rings (SSSR count). The molecule has 2 N–H and O–H groups in total. The Hall–Kier alpha value is -2.42. The molecule has 0 aliphatic heterocycles. The molecule has 1 heterocycles. The summed E-state index contributed by atoms with van der Waals surface area (Å²) in [6.07, 6.45) is -1.17. The van der Waals surface area contributed by atoms with Crippen molar-refractivity contribution in [3.63, 3.8) is 0 Å². The second-order valence-electron chi connectivity index (χ2n) is 3.67. The van der Waals surface area contributed by atoms with E-state index in [2.05, 4.69) is 10.1 Å². The van der Waals surface area contributed by atoms with Crippen molar-refractivity contribution in [2.75, 3.05) is 13.7 Å². The fourth-order valence-corrected chi connectivity index (χ4v) is 1.46. The minimum absolute atomic E-state index is 0.0620. The highest BCUT2D eigenvalue weighted by atomic mass is 16.6. The van der Waals surface area contributed by atoms with Gasteiger partial charge in [-0.25, -0.2) is 9.36 Å². The molecule has 0 aliphatic carbocycles. The summed E-state index contributed by atoms with van der Waals surface area (Å²) in [5.41, 5.74) is 0.0620. The number of carboxylic acids is 1. The summed E-state index contributed by atoms with van der Waals surface area (Å²) in [6, 6.07) is 2.48. The van der Waals surface area contributed by atoms with Crippen LogP contribution in [-0.4, -0.2) is 46.2 Å². The van der Waals surface area contributed by atoms with Gasteiger partial charge in [-0.05, 0) is 11.0 Å². The molecule has 1 aromatic heterocycles. The number of methoxy groups -OCH3 is 1. The highest BCUT2D eigenvalue weighted by Gasteiger charge is 2.23. The molecule has 1 atom stereocenters. The van der Waals surface area contributed by atoms with E-state index in [1.54, 1.807) is 0 Å². The van der Waals surface area contributed by atoms with Gasteiger partial charge in [-0.1, -0.05) is 0 Å². The molecule has 0 spiro atoms. The van der Waals surface area contributed by atoms with Crippen LogP contribution in [0.5, 0.6) is 0 Å². The Morgan fingerprint density at radius 2 is 2.21 bits per heavy atom. The zero-order valence-corrected chi connectivity index (χ0v) is 10.3. The zero-order valence-electron chi connectivity index (χ0n) is 10.3. The predicted octanol–water partition coefficient (Wildman–Crippen LogP) is -0.237. The van der Waals surface area contributed by atoms with E-state index in [1.165, 1.54) is 26.3 Å². The lowest BCUT2D eigenvalue weighted by Crippen LogP contribution is -2.38. The SMILES string of the molecule is COC(CNC(=O)c1ccc([N+](=O)[O-])n1C)C(=O)O. The number of aliphatic carboxylic acids is 1. The molecule has 0 aliphatic rings. The number of ether oxygens (including phenoxy) is 1. The fraction of sp³-hybridized carbons (Fsp3) is 0.400. The van der Waals surface area contributed by atoms with Crippen molar-refractivity contribution in [1.29, 1.82) is 0 Å². The minimum atomic E-state index is -1.21. The van der Waals surface area contributed by atoms with E-state index >= 15 is 0 Å². The Labute approximate surface area is 107 Å². The number of carboxylic acid groups (broad SMARTS) is 1. The molecule has 0 fully saturated rings. The summed E-state index contributed by atoms with van der Waals surface area (Å²) in [5, 5.41) is 21.7. The van der Waals surface area contributed by atoms with Crippen LogP contribution in [0.4, 0.5) is 5.82 Å². The number of aromatic nitrogens is 1. The number of rotatable bonds is 6. The Balaban J connectivity index is 2.74. The molecule has 1 amide bonds. The standard InChI is InChI=1S/C10H13N3O6/c1-12-6(3-4-8(12)13(17)18)9(14)11-5-7(19-2)10(15)16/h3-4,7H,5H2,1-2H3,(H,11,14)(H,15,16). The molecule has 1 aromatic rings. The first-order valence-electron chi connectivity index (χ1n) is 5.22. The average molecular weight is 271 g/mol. The Morgan fingerprint density at radius 3 is 2.63 bits per heavy atom. The monoisotopic (exact) mass is 271 g/mol. The van der Waals surface area contributed by atoms with Crippen molar-refractivity contribution in [2.45, 2.75) is 6.10 Å². The lowest BCUT2D eigenvalue weighted by atomic mass is 10.3. The van der Waals surface area contributed by atoms with Gasteiger partial charge in [0, 0.05) is 13.2 Å². The number of nitro groups is 1. The van der Waals surface area contributed by atoms with E-state index in [0.29, 0.717) is 0 Å². The summed E-state index contributed by atoms with van der Waals surface area (Å²) in [7, 11) is 2.58. The van der Waals surface area contributed by atoms with Crippen LogP contribution in [0.25, 0.3) is 0 Å². The molecule has 9 nitrogen and oxygen atoms in total. The van der Waals surface area contributed by atoms with Crippen LogP contribution in [0.2, 0.25) is 0 Å². The van der Waals surface area contributed by atoms with Crippen LogP contribution in [-0.2, 0) is 16.6 Å². The van der Waals surface area contributed by atoms with E-state index in [1.807, 2.05) is 0 Å². The highest BCUT2D eigenvalue weighted by Crippen LogP contribution is 2.14. The molecule has 19 heavy (non-hydrogen) atoms. The van der Waals surface area contributed by atoms with E-state index in [0.717, 1.165) is 4.57 Å². The van der Waals surface area contributed by atoms with Gasteiger partial charge in [0.15, 0.2) is 11.8 Å². The van der Waals surface area contributed by atoms with E-state index < -0.39 is 22.9 Å².